The second-order valence-corrected chi connectivity index (χ2v) is 7.26. The molecule has 0 saturated carbocycles. The minimum absolute atomic E-state index is 0.181. The van der Waals surface area contributed by atoms with Crippen molar-refractivity contribution in [3.05, 3.63) is 77.4 Å². The summed E-state index contributed by atoms with van der Waals surface area (Å²) in [4.78, 5) is 27.4. The van der Waals surface area contributed by atoms with Gasteiger partial charge in [0.2, 0.25) is 0 Å². The summed E-state index contributed by atoms with van der Waals surface area (Å²) < 4.78 is 20.1. The number of nitrogens with zero attached hydrogens (tertiary/aromatic N) is 3. The Balaban J connectivity index is 1.48. The Morgan fingerprint density at radius 1 is 1.13 bits per heavy atom. The number of carbonyl (C=O) groups excluding carboxylic acids is 2. The van der Waals surface area contributed by atoms with Crippen LogP contribution in [0.1, 0.15) is 39.9 Å². The summed E-state index contributed by atoms with van der Waals surface area (Å²) >= 11 is 0. The van der Waals surface area contributed by atoms with Crippen molar-refractivity contribution >= 4 is 17.5 Å². The van der Waals surface area contributed by atoms with Gasteiger partial charge in [0, 0.05) is 31.4 Å². The number of rotatable bonds is 6. The van der Waals surface area contributed by atoms with Gasteiger partial charge in [-0.25, -0.2) is 4.39 Å². The molecule has 0 unspecified atom stereocenters. The molecule has 0 spiro atoms. The number of fused-ring (bicyclic) bond motifs is 1. The minimum Gasteiger partial charge on any atom is -0.494 e. The summed E-state index contributed by atoms with van der Waals surface area (Å²) in [7, 11) is 0. The lowest BCUT2D eigenvalue weighted by atomic mass is 10.2. The van der Waals surface area contributed by atoms with E-state index >= 15 is 0 Å². The third-order valence-electron chi connectivity index (χ3n) is 5.03. The maximum atomic E-state index is 13.2. The molecule has 0 aliphatic carbocycles. The van der Waals surface area contributed by atoms with Crippen LogP contribution in [0.3, 0.4) is 0 Å². The van der Waals surface area contributed by atoms with Gasteiger partial charge in [-0.05, 0) is 55.3 Å². The molecule has 31 heavy (non-hydrogen) atoms. The quantitative estimate of drug-likeness (QED) is 0.657. The Bertz CT molecular complexity index is 1080. The summed E-state index contributed by atoms with van der Waals surface area (Å²) in [5, 5.41) is 7.13. The zero-order valence-electron chi connectivity index (χ0n) is 17.2. The van der Waals surface area contributed by atoms with E-state index in [0.717, 1.165) is 11.3 Å². The van der Waals surface area contributed by atoms with E-state index < -0.39 is 0 Å². The first kappa shape index (κ1) is 20.6. The number of hydrogen-bond acceptors (Lipinski definition) is 4. The standard InChI is InChI=1S/C23H23FN4O3/c1-2-31-19-10-8-18(9-11-19)25-22(29)20-14-21-23(30)27(12-3-13-28(21)26-20)15-16-4-6-17(24)7-5-16/h4-11,14H,2-3,12-13,15H2,1H3,(H,25,29). The lowest BCUT2D eigenvalue weighted by Gasteiger charge is -2.20. The lowest BCUT2D eigenvalue weighted by molar-refractivity contribution is 0.0745. The first-order valence-electron chi connectivity index (χ1n) is 10.2. The molecule has 3 aromatic rings. The molecule has 0 atom stereocenters. The molecule has 160 valence electrons. The molecule has 0 fully saturated rings. The maximum absolute atomic E-state index is 13.2. The molecular formula is C23H23FN4O3. The van der Waals surface area contributed by atoms with Gasteiger partial charge < -0.3 is 15.0 Å². The van der Waals surface area contributed by atoms with E-state index in [0.29, 0.717) is 44.0 Å². The van der Waals surface area contributed by atoms with E-state index in [-0.39, 0.29) is 23.3 Å². The third kappa shape index (κ3) is 4.74. The number of aryl methyl sites for hydroxylation is 1. The molecule has 0 saturated heterocycles. The number of carbonyl (C=O) groups is 2. The topological polar surface area (TPSA) is 76.5 Å². The van der Waals surface area contributed by atoms with Crippen LogP contribution < -0.4 is 10.1 Å². The van der Waals surface area contributed by atoms with Gasteiger partial charge in [0.1, 0.15) is 17.3 Å². The Hall–Kier alpha value is -3.68. The van der Waals surface area contributed by atoms with E-state index in [1.165, 1.54) is 18.2 Å². The molecule has 1 aromatic heterocycles. The molecule has 2 aromatic carbocycles. The number of amides is 2. The average molecular weight is 422 g/mol. The number of nitrogens with one attached hydrogen (secondary N) is 1. The monoisotopic (exact) mass is 422 g/mol. The fourth-order valence-corrected chi connectivity index (χ4v) is 3.50. The predicted molar refractivity (Wildman–Crippen MR) is 114 cm³/mol. The summed E-state index contributed by atoms with van der Waals surface area (Å²) in [6.45, 7) is 3.95. The number of halogens is 1. The molecule has 2 heterocycles. The van der Waals surface area contributed by atoms with Crippen LogP contribution >= 0.6 is 0 Å². The van der Waals surface area contributed by atoms with Gasteiger partial charge in [0.05, 0.1) is 6.61 Å². The van der Waals surface area contributed by atoms with E-state index in [2.05, 4.69) is 10.4 Å². The van der Waals surface area contributed by atoms with Gasteiger partial charge in [0.25, 0.3) is 11.8 Å². The Morgan fingerprint density at radius 3 is 2.58 bits per heavy atom. The molecule has 4 rings (SSSR count). The van der Waals surface area contributed by atoms with Crippen molar-refractivity contribution < 1.29 is 18.7 Å². The first-order chi connectivity index (χ1) is 15.0. The Morgan fingerprint density at radius 2 is 1.87 bits per heavy atom. The van der Waals surface area contributed by atoms with Crippen molar-refractivity contribution in [3.8, 4) is 5.75 Å². The third-order valence-corrected chi connectivity index (χ3v) is 5.03. The van der Waals surface area contributed by atoms with Crippen molar-refractivity contribution in [1.29, 1.82) is 0 Å². The van der Waals surface area contributed by atoms with Crippen molar-refractivity contribution in [2.45, 2.75) is 26.4 Å². The van der Waals surface area contributed by atoms with Crippen LogP contribution in [0.15, 0.2) is 54.6 Å². The number of aromatic nitrogens is 2. The van der Waals surface area contributed by atoms with Gasteiger partial charge in [-0.3, -0.25) is 14.3 Å². The zero-order valence-corrected chi connectivity index (χ0v) is 17.2. The minimum atomic E-state index is -0.386. The van der Waals surface area contributed by atoms with Crippen LogP contribution in [0.25, 0.3) is 0 Å². The SMILES string of the molecule is CCOc1ccc(NC(=O)c2cc3n(n2)CCCN(Cc2ccc(F)cc2)C3=O)cc1. The van der Waals surface area contributed by atoms with Gasteiger partial charge in [-0.2, -0.15) is 5.10 Å². The molecule has 1 N–H and O–H groups in total. The molecule has 1 aliphatic rings. The molecule has 2 amide bonds. The number of hydrogen-bond donors (Lipinski definition) is 1. The van der Waals surface area contributed by atoms with Crippen LogP contribution in [0.2, 0.25) is 0 Å². The predicted octanol–water partition coefficient (Wildman–Crippen LogP) is 3.72. The highest BCUT2D eigenvalue weighted by molar-refractivity contribution is 6.04. The van der Waals surface area contributed by atoms with Crippen LogP contribution in [0.5, 0.6) is 5.75 Å². The van der Waals surface area contributed by atoms with Crippen molar-refractivity contribution in [2.75, 3.05) is 18.5 Å². The lowest BCUT2D eigenvalue weighted by Crippen LogP contribution is -2.30. The highest BCUT2D eigenvalue weighted by Crippen LogP contribution is 2.19. The van der Waals surface area contributed by atoms with E-state index in [9.17, 15) is 14.0 Å². The molecule has 0 radical (unpaired) electrons. The molecule has 8 heteroatoms. The zero-order chi connectivity index (χ0) is 21.8. The smallest absolute Gasteiger partial charge is 0.276 e. The average Bonchev–Trinajstić information content (AvgIpc) is 3.14. The number of ether oxygens (including phenoxy) is 1. The number of anilines is 1. The molecule has 1 aliphatic heterocycles. The fraction of sp³-hybridized carbons (Fsp3) is 0.261. The Kier molecular flexibility index (Phi) is 5.97. The largest absolute Gasteiger partial charge is 0.494 e. The van der Waals surface area contributed by atoms with Crippen molar-refractivity contribution in [1.82, 2.24) is 14.7 Å². The summed E-state index contributed by atoms with van der Waals surface area (Å²) in [6, 6.07) is 14.7. The van der Waals surface area contributed by atoms with Gasteiger partial charge in [0.15, 0.2) is 5.69 Å². The van der Waals surface area contributed by atoms with Gasteiger partial charge in [-0.15, -0.1) is 0 Å². The summed E-state index contributed by atoms with van der Waals surface area (Å²) in [5.74, 6) is -0.176. The van der Waals surface area contributed by atoms with Crippen LogP contribution in [-0.2, 0) is 13.1 Å². The van der Waals surface area contributed by atoms with Crippen molar-refractivity contribution in [3.63, 3.8) is 0 Å². The second kappa shape index (κ2) is 8.99. The van der Waals surface area contributed by atoms with Gasteiger partial charge in [-0.1, -0.05) is 12.1 Å². The van der Waals surface area contributed by atoms with Crippen LogP contribution in [0, 0.1) is 5.82 Å². The van der Waals surface area contributed by atoms with E-state index in [4.69, 9.17) is 4.74 Å². The molecule has 0 bridgehead atoms. The second-order valence-electron chi connectivity index (χ2n) is 7.26. The Labute approximate surface area is 179 Å². The van der Waals surface area contributed by atoms with Crippen LogP contribution in [0.4, 0.5) is 10.1 Å². The van der Waals surface area contributed by atoms with E-state index in [1.54, 1.807) is 46.0 Å². The highest BCUT2D eigenvalue weighted by atomic mass is 19.1. The summed E-state index contributed by atoms with van der Waals surface area (Å²) in [6.07, 6.45) is 0.710. The normalized spacial score (nSPS) is 13.5. The molecular weight excluding hydrogens is 399 g/mol. The maximum Gasteiger partial charge on any atom is 0.276 e. The number of benzene rings is 2. The van der Waals surface area contributed by atoms with E-state index in [1.807, 2.05) is 6.92 Å². The van der Waals surface area contributed by atoms with Crippen LogP contribution in [-0.4, -0.2) is 39.6 Å². The summed E-state index contributed by atoms with van der Waals surface area (Å²) in [5.41, 5.74) is 2.01. The first-order valence-corrected chi connectivity index (χ1v) is 10.2. The van der Waals surface area contributed by atoms with Gasteiger partial charge >= 0.3 is 0 Å². The molecule has 7 nitrogen and oxygen atoms in total. The van der Waals surface area contributed by atoms with Crippen molar-refractivity contribution in [2.24, 2.45) is 0 Å². The highest BCUT2D eigenvalue weighted by Gasteiger charge is 2.26. The fourth-order valence-electron chi connectivity index (χ4n) is 3.50.